The van der Waals surface area contributed by atoms with Gasteiger partial charge in [-0.15, -0.1) is 0 Å². The second kappa shape index (κ2) is 7.41. The van der Waals surface area contributed by atoms with Crippen LogP contribution in [0.2, 0.25) is 0 Å². The Bertz CT molecular complexity index is 188. The quantitative estimate of drug-likeness (QED) is 0.700. The first kappa shape index (κ1) is 13.4. The van der Waals surface area contributed by atoms with Gasteiger partial charge in [-0.05, 0) is 50.1 Å². The molecular weight excluding hydrogens is 206 g/mol. The lowest BCUT2D eigenvalue weighted by molar-refractivity contribution is 0.275. The fourth-order valence-corrected chi connectivity index (χ4v) is 3.62. The average molecular weight is 237 g/mol. The van der Waals surface area contributed by atoms with Crippen molar-refractivity contribution in [2.45, 2.75) is 71.1 Å². The van der Waals surface area contributed by atoms with E-state index in [-0.39, 0.29) is 0 Å². The van der Waals surface area contributed by atoms with Gasteiger partial charge in [-0.25, -0.2) is 0 Å². The van der Waals surface area contributed by atoms with Crippen LogP contribution in [0.25, 0.3) is 0 Å². The van der Waals surface area contributed by atoms with Crippen LogP contribution in [-0.2, 0) is 0 Å². The van der Waals surface area contributed by atoms with Gasteiger partial charge in [0.05, 0.1) is 0 Å². The molecule has 2 rings (SSSR count). The summed E-state index contributed by atoms with van der Waals surface area (Å²) in [6, 6.07) is 0. The summed E-state index contributed by atoms with van der Waals surface area (Å²) in [6.45, 7) is 4.98. The minimum absolute atomic E-state index is 0.984. The van der Waals surface area contributed by atoms with E-state index in [0.29, 0.717) is 0 Å². The van der Waals surface area contributed by atoms with E-state index in [1.165, 1.54) is 77.3 Å². The molecule has 0 aliphatic heterocycles. The molecular formula is C16H31N. The maximum atomic E-state index is 3.72. The lowest BCUT2D eigenvalue weighted by Gasteiger charge is -2.27. The Morgan fingerprint density at radius 1 is 0.824 bits per heavy atom. The molecule has 0 unspecified atom stereocenters. The SMILES string of the molecule is CC1CCC(CNCCC2CCCCC2)CC1. The molecule has 0 aromatic heterocycles. The molecule has 2 aliphatic rings. The van der Waals surface area contributed by atoms with Gasteiger partial charge in [0.1, 0.15) is 0 Å². The van der Waals surface area contributed by atoms with Crippen molar-refractivity contribution >= 4 is 0 Å². The zero-order valence-corrected chi connectivity index (χ0v) is 11.7. The van der Waals surface area contributed by atoms with Crippen molar-refractivity contribution in [3.05, 3.63) is 0 Å². The van der Waals surface area contributed by atoms with E-state index in [1.54, 1.807) is 0 Å². The van der Waals surface area contributed by atoms with Crippen LogP contribution in [0.4, 0.5) is 0 Å². The molecule has 0 saturated heterocycles. The van der Waals surface area contributed by atoms with Crippen molar-refractivity contribution in [1.29, 1.82) is 0 Å². The summed E-state index contributed by atoms with van der Waals surface area (Å²) >= 11 is 0. The summed E-state index contributed by atoms with van der Waals surface area (Å²) in [5.74, 6) is 3.02. The Balaban J connectivity index is 1.48. The largest absolute Gasteiger partial charge is 0.316 e. The van der Waals surface area contributed by atoms with E-state index >= 15 is 0 Å². The monoisotopic (exact) mass is 237 g/mol. The van der Waals surface area contributed by atoms with Gasteiger partial charge in [-0.2, -0.15) is 0 Å². The predicted molar refractivity (Wildman–Crippen MR) is 75.2 cm³/mol. The van der Waals surface area contributed by atoms with Crippen LogP contribution in [0, 0.1) is 17.8 Å². The van der Waals surface area contributed by atoms with Gasteiger partial charge < -0.3 is 5.32 Å². The normalized spacial score (nSPS) is 31.6. The minimum Gasteiger partial charge on any atom is -0.316 e. The van der Waals surface area contributed by atoms with Crippen molar-refractivity contribution < 1.29 is 0 Å². The first-order chi connectivity index (χ1) is 8.34. The van der Waals surface area contributed by atoms with E-state index < -0.39 is 0 Å². The van der Waals surface area contributed by atoms with Crippen LogP contribution >= 0.6 is 0 Å². The zero-order chi connectivity index (χ0) is 11.9. The maximum absolute atomic E-state index is 3.72. The van der Waals surface area contributed by atoms with Crippen LogP contribution in [-0.4, -0.2) is 13.1 Å². The molecule has 0 bridgehead atoms. The van der Waals surface area contributed by atoms with Gasteiger partial charge in [0.2, 0.25) is 0 Å². The van der Waals surface area contributed by atoms with Crippen molar-refractivity contribution in [2.75, 3.05) is 13.1 Å². The highest BCUT2D eigenvalue weighted by Gasteiger charge is 2.18. The molecule has 1 heteroatoms. The molecule has 0 radical (unpaired) electrons. The Morgan fingerprint density at radius 3 is 2.24 bits per heavy atom. The molecule has 0 heterocycles. The van der Waals surface area contributed by atoms with Crippen molar-refractivity contribution in [1.82, 2.24) is 5.32 Å². The third-order valence-electron chi connectivity index (χ3n) is 5.02. The first-order valence-corrected chi connectivity index (χ1v) is 8.05. The summed E-state index contributed by atoms with van der Waals surface area (Å²) < 4.78 is 0. The third-order valence-corrected chi connectivity index (χ3v) is 5.02. The fraction of sp³-hybridized carbons (Fsp3) is 1.00. The van der Waals surface area contributed by atoms with Crippen LogP contribution in [0.5, 0.6) is 0 Å². The average Bonchev–Trinajstić information content (AvgIpc) is 2.38. The summed E-state index contributed by atoms with van der Waals surface area (Å²) in [7, 11) is 0. The second-order valence-corrected chi connectivity index (χ2v) is 6.62. The van der Waals surface area contributed by atoms with Gasteiger partial charge in [-0.3, -0.25) is 0 Å². The van der Waals surface area contributed by atoms with Crippen LogP contribution in [0.3, 0.4) is 0 Å². The molecule has 0 spiro atoms. The Morgan fingerprint density at radius 2 is 1.53 bits per heavy atom. The number of rotatable bonds is 5. The van der Waals surface area contributed by atoms with Crippen LogP contribution in [0.15, 0.2) is 0 Å². The predicted octanol–water partition coefficient (Wildman–Crippen LogP) is 4.37. The van der Waals surface area contributed by atoms with Gasteiger partial charge >= 0.3 is 0 Å². The van der Waals surface area contributed by atoms with Crippen molar-refractivity contribution in [3.8, 4) is 0 Å². The van der Waals surface area contributed by atoms with E-state index in [2.05, 4.69) is 12.2 Å². The molecule has 0 atom stereocenters. The minimum atomic E-state index is 0.984. The van der Waals surface area contributed by atoms with Gasteiger partial charge in [0.15, 0.2) is 0 Å². The van der Waals surface area contributed by atoms with E-state index in [9.17, 15) is 0 Å². The Hall–Kier alpha value is -0.0400. The molecule has 2 fully saturated rings. The molecule has 1 nitrogen and oxygen atoms in total. The third kappa shape index (κ3) is 4.99. The molecule has 2 saturated carbocycles. The van der Waals surface area contributed by atoms with Crippen LogP contribution < -0.4 is 5.32 Å². The molecule has 17 heavy (non-hydrogen) atoms. The Kier molecular flexibility index (Phi) is 5.84. The summed E-state index contributed by atoms with van der Waals surface area (Å²) in [5.41, 5.74) is 0. The number of hydrogen-bond donors (Lipinski definition) is 1. The second-order valence-electron chi connectivity index (χ2n) is 6.62. The van der Waals surface area contributed by atoms with Gasteiger partial charge in [0, 0.05) is 0 Å². The standard InChI is InChI=1S/C16H31N/c1-14-7-9-16(10-8-14)13-17-12-11-15-5-3-2-4-6-15/h14-17H,2-13H2,1H3. The molecule has 0 aromatic carbocycles. The van der Waals surface area contributed by atoms with Crippen molar-refractivity contribution in [2.24, 2.45) is 17.8 Å². The fourth-order valence-electron chi connectivity index (χ4n) is 3.62. The van der Waals surface area contributed by atoms with Gasteiger partial charge in [-0.1, -0.05) is 51.9 Å². The number of hydrogen-bond acceptors (Lipinski definition) is 1. The summed E-state index contributed by atoms with van der Waals surface area (Å²) in [4.78, 5) is 0. The van der Waals surface area contributed by atoms with E-state index in [0.717, 1.165) is 17.8 Å². The van der Waals surface area contributed by atoms with Gasteiger partial charge in [0.25, 0.3) is 0 Å². The van der Waals surface area contributed by atoms with Crippen molar-refractivity contribution in [3.63, 3.8) is 0 Å². The maximum Gasteiger partial charge on any atom is -0.00205 e. The highest BCUT2D eigenvalue weighted by molar-refractivity contribution is 4.72. The lowest BCUT2D eigenvalue weighted by Crippen LogP contribution is -2.28. The summed E-state index contributed by atoms with van der Waals surface area (Å²) in [5, 5.41) is 3.72. The highest BCUT2D eigenvalue weighted by Crippen LogP contribution is 2.28. The molecule has 2 aliphatic carbocycles. The van der Waals surface area contributed by atoms with E-state index in [1.807, 2.05) is 0 Å². The zero-order valence-electron chi connectivity index (χ0n) is 11.7. The molecule has 1 N–H and O–H groups in total. The number of nitrogens with one attached hydrogen (secondary N) is 1. The smallest absolute Gasteiger partial charge is 0.00205 e. The highest BCUT2D eigenvalue weighted by atomic mass is 14.9. The molecule has 0 aromatic rings. The van der Waals surface area contributed by atoms with Crippen LogP contribution in [0.1, 0.15) is 71.1 Å². The lowest BCUT2D eigenvalue weighted by atomic mass is 9.83. The topological polar surface area (TPSA) is 12.0 Å². The molecule has 0 amide bonds. The Labute approximate surface area is 108 Å². The summed E-state index contributed by atoms with van der Waals surface area (Å²) in [6.07, 6.45) is 14.8. The van der Waals surface area contributed by atoms with E-state index in [4.69, 9.17) is 0 Å². The molecule has 100 valence electrons. The first-order valence-electron chi connectivity index (χ1n) is 8.05.